The van der Waals surface area contributed by atoms with Crippen molar-refractivity contribution in [1.29, 1.82) is 0 Å². The second-order valence-electron chi connectivity index (χ2n) is 5.00. The number of rotatable bonds is 5. The normalized spacial score (nSPS) is 11.8. The Bertz CT molecular complexity index is 350. The monoisotopic (exact) mass is 225 g/mol. The van der Waals surface area contributed by atoms with Crippen LogP contribution in [0.5, 0.6) is 0 Å². The number of hydrogen-bond acceptors (Lipinski definition) is 2. The van der Waals surface area contributed by atoms with Crippen LogP contribution >= 0.6 is 0 Å². The van der Waals surface area contributed by atoms with Crippen molar-refractivity contribution < 1.29 is 9.50 Å². The van der Waals surface area contributed by atoms with Gasteiger partial charge < -0.3 is 10.4 Å². The van der Waals surface area contributed by atoms with Gasteiger partial charge in [-0.1, -0.05) is 19.9 Å². The van der Waals surface area contributed by atoms with Gasteiger partial charge in [-0.2, -0.15) is 0 Å². The summed E-state index contributed by atoms with van der Waals surface area (Å²) in [5.74, 6) is -0.197. The Morgan fingerprint density at radius 3 is 2.62 bits per heavy atom. The van der Waals surface area contributed by atoms with Crippen LogP contribution in [0.15, 0.2) is 18.2 Å². The van der Waals surface area contributed by atoms with Gasteiger partial charge in [-0.15, -0.1) is 0 Å². The summed E-state index contributed by atoms with van der Waals surface area (Å²) in [5, 5.41) is 12.4. The van der Waals surface area contributed by atoms with E-state index in [2.05, 4.69) is 5.32 Å². The van der Waals surface area contributed by atoms with Crippen LogP contribution in [0.2, 0.25) is 0 Å². The summed E-state index contributed by atoms with van der Waals surface area (Å²) < 4.78 is 12.9. The molecular formula is C13H20FNO. The quantitative estimate of drug-likeness (QED) is 0.805. The van der Waals surface area contributed by atoms with E-state index in [9.17, 15) is 4.39 Å². The number of halogens is 1. The molecule has 0 saturated carbocycles. The first-order valence-electron chi connectivity index (χ1n) is 5.51. The predicted molar refractivity (Wildman–Crippen MR) is 63.7 cm³/mol. The molecule has 0 radical (unpaired) electrons. The van der Waals surface area contributed by atoms with E-state index < -0.39 is 0 Å². The van der Waals surface area contributed by atoms with E-state index in [1.807, 2.05) is 20.8 Å². The predicted octanol–water partition coefficient (Wildman–Crippen LogP) is 2.24. The lowest BCUT2D eigenvalue weighted by Gasteiger charge is -2.22. The maximum atomic E-state index is 12.9. The highest BCUT2D eigenvalue weighted by molar-refractivity contribution is 5.26. The van der Waals surface area contributed by atoms with Crippen LogP contribution in [-0.2, 0) is 6.54 Å². The average molecular weight is 225 g/mol. The van der Waals surface area contributed by atoms with E-state index in [0.717, 1.165) is 17.7 Å². The SMILES string of the molecule is Cc1cc(F)ccc1CNCC(C)(C)CO. The average Bonchev–Trinajstić information content (AvgIpc) is 2.21. The molecule has 0 aliphatic carbocycles. The molecular weight excluding hydrogens is 205 g/mol. The Labute approximate surface area is 96.5 Å². The second-order valence-corrected chi connectivity index (χ2v) is 5.00. The van der Waals surface area contributed by atoms with Crippen molar-refractivity contribution in [2.75, 3.05) is 13.2 Å². The fourth-order valence-electron chi connectivity index (χ4n) is 1.45. The molecule has 2 nitrogen and oxygen atoms in total. The summed E-state index contributed by atoms with van der Waals surface area (Å²) >= 11 is 0. The minimum atomic E-state index is -0.197. The van der Waals surface area contributed by atoms with E-state index in [-0.39, 0.29) is 17.8 Å². The Balaban J connectivity index is 2.49. The molecule has 1 rings (SSSR count). The fourth-order valence-corrected chi connectivity index (χ4v) is 1.45. The highest BCUT2D eigenvalue weighted by Crippen LogP contribution is 2.13. The molecule has 1 aromatic rings. The van der Waals surface area contributed by atoms with Crippen LogP contribution in [-0.4, -0.2) is 18.3 Å². The highest BCUT2D eigenvalue weighted by Gasteiger charge is 2.15. The van der Waals surface area contributed by atoms with Crippen molar-refractivity contribution in [2.45, 2.75) is 27.3 Å². The van der Waals surface area contributed by atoms with Crippen molar-refractivity contribution in [3.63, 3.8) is 0 Å². The molecule has 0 aromatic heterocycles. The summed E-state index contributed by atoms with van der Waals surface area (Å²) in [4.78, 5) is 0. The highest BCUT2D eigenvalue weighted by atomic mass is 19.1. The molecule has 0 fully saturated rings. The molecule has 0 spiro atoms. The van der Waals surface area contributed by atoms with Gasteiger partial charge in [0.25, 0.3) is 0 Å². The van der Waals surface area contributed by atoms with Crippen LogP contribution < -0.4 is 5.32 Å². The van der Waals surface area contributed by atoms with E-state index in [0.29, 0.717) is 6.54 Å². The Morgan fingerprint density at radius 2 is 2.06 bits per heavy atom. The molecule has 0 aliphatic rings. The van der Waals surface area contributed by atoms with Crippen molar-refractivity contribution in [1.82, 2.24) is 5.32 Å². The summed E-state index contributed by atoms with van der Waals surface area (Å²) in [6.07, 6.45) is 0. The van der Waals surface area contributed by atoms with Crippen LogP contribution in [0, 0.1) is 18.2 Å². The molecule has 90 valence electrons. The maximum absolute atomic E-state index is 12.9. The lowest BCUT2D eigenvalue weighted by molar-refractivity contribution is 0.156. The number of aryl methyl sites for hydroxylation is 1. The molecule has 0 bridgehead atoms. The smallest absolute Gasteiger partial charge is 0.123 e. The Kier molecular flexibility index (Phi) is 4.44. The first-order chi connectivity index (χ1) is 7.44. The van der Waals surface area contributed by atoms with E-state index in [1.54, 1.807) is 6.07 Å². The van der Waals surface area contributed by atoms with Crippen LogP contribution in [0.3, 0.4) is 0 Å². The van der Waals surface area contributed by atoms with E-state index in [4.69, 9.17) is 5.11 Å². The number of benzene rings is 1. The van der Waals surface area contributed by atoms with Gasteiger partial charge in [0, 0.05) is 25.1 Å². The lowest BCUT2D eigenvalue weighted by atomic mass is 9.95. The minimum absolute atomic E-state index is 0.117. The topological polar surface area (TPSA) is 32.3 Å². The van der Waals surface area contributed by atoms with Gasteiger partial charge in [0.05, 0.1) is 0 Å². The molecule has 0 unspecified atom stereocenters. The fraction of sp³-hybridized carbons (Fsp3) is 0.538. The first-order valence-corrected chi connectivity index (χ1v) is 5.51. The molecule has 2 N–H and O–H groups in total. The Hall–Kier alpha value is -0.930. The largest absolute Gasteiger partial charge is 0.396 e. The number of aliphatic hydroxyl groups is 1. The van der Waals surface area contributed by atoms with Crippen LogP contribution in [0.4, 0.5) is 4.39 Å². The van der Waals surface area contributed by atoms with Gasteiger partial charge in [0.1, 0.15) is 5.82 Å². The molecule has 3 heteroatoms. The third-order valence-electron chi connectivity index (χ3n) is 2.65. The third-order valence-corrected chi connectivity index (χ3v) is 2.65. The molecule has 0 aliphatic heterocycles. The Morgan fingerprint density at radius 1 is 1.38 bits per heavy atom. The molecule has 16 heavy (non-hydrogen) atoms. The maximum Gasteiger partial charge on any atom is 0.123 e. The van der Waals surface area contributed by atoms with Gasteiger partial charge in [0.2, 0.25) is 0 Å². The first kappa shape index (κ1) is 13.1. The summed E-state index contributed by atoms with van der Waals surface area (Å²) in [6, 6.07) is 4.80. The lowest BCUT2D eigenvalue weighted by Crippen LogP contribution is -2.32. The van der Waals surface area contributed by atoms with Crippen molar-refractivity contribution in [2.24, 2.45) is 5.41 Å². The molecule has 0 heterocycles. The van der Waals surface area contributed by atoms with E-state index >= 15 is 0 Å². The standard InChI is InChI=1S/C13H20FNO/c1-10-6-12(14)5-4-11(10)7-15-8-13(2,3)9-16/h4-6,15-16H,7-9H2,1-3H3. The number of aliphatic hydroxyl groups excluding tert-OH is 1. The molecule has 1 aromatic carbocycles. The van der Waals surface area contributed by atoms with Gasteiger partial charge in [-0.05, 0) is 30.2 Å². The van der Waals surface area contributed by atoms with Crippen LogP contribution in [0.25, 0.3) is 0 Å². The molecule has 0 saturated heterocycles. The second kappa shape index (κ2) is 5.41. The third kappa shape index (κ3) is 3.91. The van der Waals surface area contributed by atoms with Crippen molar-refractivity contribution in [3.8, 4) is 0 Å². The summed E-state index contributed by atoms with van der Waals surface area (Å²) in [6.45, 7) is 7.49. The van der Waals surface area contributed by atoms with Crippen molar-refractivity contribution >= 4 is 0 Å². The summed E-state index contributed by atoms with van der Waals surface area (Å²) in [5.41, 5.74) is 1.93. The van der Waals surface area contributed by atoms with Crippen LogP contribution in [0.1, 0.15) is 25.0 Å². The molecule has 0 amide bonds. The molecule has 0 atom stereocenters. The summed E-state index contributed by atoms with van der Waals surface area (Å²) in [7, 11) is 0. The zero-order valence-electron chi connectivity index (χ0n) is 10.2. The zero-order chi connectivity index (χ0) is 12.2. The number of hydrogen-bond donors (Lipinski definition) is 2. The van der Waals surface area contributed by atoms with E-state index in [1.165, 1.54) is 12.1 Å². The van der Waals surface area contributed by atoms with Gasteiger partial charge in [0.15, 0.2) is 0 Å². The van der Waals surface area contributed by atoms with Crippen molar-refractivity contribution in [3.05, 3.63) is 35.1 Å². The van der Waals surface area contributed by atoms with Gasteiger partial charge in [-0.3, -0.25) is 0 Å². The zero-order valence-corrected chi connectivity index (χ0v) is 10.2. The van der Waals surface area contributed by atoms with Gasteiger partial charge in [-0.25, -0.2) is 4.39 Å². The number of nitrogens with one attached hydrogen (secondary N) is 1. The minimum Gasteiger partial charge on any atom is -0.396 e. The van der Waals surface area contributed by atoms with Gasteiger partial charge >= 0.3 is 0 Å².